The third kappa shape index (κ3) is 3.90. The van der Waals surface area contributed by atoms with Gasteiger partial charge in [-0.05, 0) is 41.8 Å². The fraction of sp³-hybridized carbons (Fsp3) is 0.238. The van der Waals surface area contributed by atoms with Gasteiger partial charge in [-0.3, -0.25) is 14.4 Å². The van der Waals surface area contributed by atoms with Crippen molar-refractivity contribution in [1.29, 1.82) is 0 Å². The minimum absolute atomic E-state index is 0.149. The van der Waals surface area contributed by atoms with Crippen LogP contribution in [0.1, 0.15) is 33.9 Å². The monoisotopic (exact) mass is 364 g/mol. The van der Waals surface area contributed by atoms with E-state index in [1.165, 1.54) is 12.1 Å². The Morgan fingerprint density at radius 2 is 2.07 bits per heavy atom. The van der Waals surface area contributed by atoms with Gasteiger partial charge in [0.1, 0.15) is 5.82 Å². The molecule has 1 N–H and O–H groups in total. The van der Waals surface area contributed by atoms with Crippen molar-refractivity contribution >= 4 is 11.6 Å². The van der Waals surface area contributed by atoms with Crippen LogP contribution in [0.3, 0.4) is 0 Å². The molecule has 0 saturated carbocycles. The molecule has 5 nitrogen and oxygen atoms in total. The lowest BCUT2D eigenvalue weighted by Crippen LogP contribution is -2.40. The third-order valence-corrected chi connectivity index (χ3v) is 4.92. The number of aromatic nitrogens is 2. The highest BCUT2D eigenvalue weighted by Crippen LogP contribution is 2.34. The minimum atomic E-state index is -0.211. The maximum absolute atomic E-state index is 13.1. The Morgan fingerprint density at radius 3 is 2.74 bits per heavy atom. The lowest BCUT2D eigenvalue weighted by atomic mass is 9.94. The van der Waals surface area contributed by atoms with Crippen LogP contribution in [0, 0.1) is 5.82 Å². The molecule has 1 amide bonds. The first-order chi connectivity index (χ1) is 13.1. The number of benzene rings is 2. The summed E-state index contributed by atoms with van der Waals surface area (Å²) in [6, 6.07) is 14.7. The molecule has 138 valence electrons. The zero-order valence-corrected chi connectivity index (χ0v) is 15.1. The van der Waals surface area contributed by atoms with E-state index < -0.39 is 0 Å². The second-order valence-electron chi connectivity index (χ2n) is 6.88. The number of nitrogens with zero attached hydrogens (tertiary/aromatic N) is 3. The van der Waals surface area contributed by atoms with Crippen LogP contribution in [0.4, 0.5) is 10.1 Å². The van der Waals surface area contributed by atoms with Crippen molar-refractivity contribution in [2.45, 2.75) is 19.0 Å². The zero-order valence-electron chi connectivity index (χ0n) is 15.1. The van der Waals surface area contributed by atoms with Crippen LogP contribution < -0.4 is 5.32 Å². The Bertz CT molecular complexity index is 951. The maximum Gasteiger partial charge on any atom is 0.255 e. The van der Waals surface area contributed by atoms with Crippen LogP contribution in [0.25, 0.3) is 0 Å². The Labute approximate surface area is 157 Å². The van der Waals surface area contributed by atoms with E-state index in [2.05, 4.69) is 15.3 Å². The van der Waals surface area contributed by atoms with E-state index in [1.807, 2.05) is 36.4 Å². The highest BCUT2D eigenvalue weighted by Gasteiger charge is 2.29. The van der Waals surface area contributed by atoms with Gasteiger partial charge in [-0.1, -0.05) is 24.3 Å². The fourth-order valence-electron chi connectivity index (χ4n) is 3.43. The molecule has 1 aliphatic rings. The number of nitrogens with one attached hydrogen (secondary N) is 1. The van der Waals surface area contributed by atoms with E-state index >= 15 is 0 Å². The number of likely N-dealkylation sites (tertiary alicyclic amines) is 1. The average Bonchev–Trinajstić information content (AvgIpc) is 3.05. The van der Waals surface area contributed by atoms with E-state index in [9.17, 15) is 9.18 Å². The van der Waals surface area contributed by atoms with Crippen LogP contribution in [0.5, 0.6) is 0 Å². The smallest absolute Gasteiger partial charge is 0.255 e. The molecule has 2 heterocycles. The average molecular weight is 364 g/mol. The lowest BCUT2D eigenvalue weighted by Gasteiger charge is -2.41. The summed E-state index contributed by atoms with van der Waals surface area (Å²) in [7, 11) is 1.81. The molecule has 1 saturated heterocycles. The first kappa shape index (κ1) is 17.4. The summed E-state index contributed by atoms with van der Waals surface area (Å²) in [5.74, 6) is -0.361. The van der Waals surface area contributed by atoms with Crippen LogP contribution in [-0.4, -0.2) is 27.1 Å². The molecule has 0 aliphatic carbocycles. The van der Waals surface area contributed by atoms with E-state index in [4.69, 9.17) is 0 Å². The number of halogens is 1. The van der Waals surface area contributed by atoms with E-state index in [1.54, 1.807) is 24.1 Å². The van der Waals surface area contributed by atoms with Crippen LogP contribution in [0.15, 0.2) is 60.9 Å². The van der Waals surface area contributed by atoms with Crippen LogP contribution >= 0.6 is 0 Å². The standard InChI is InChI=1S/C21H21FN4O/c1-25-14-19(12-23-25)24-21(27)17-4-2-3-15(11-17)13-26-10-9-20(26)16-5-7-18(22)8-6-16/h2-8,11-12,14,20H,9-10,13H2,1H3,(H,24,27)/t20-/m1/s1. The molecular weight excluding hydrogens is 343 g/mol. The highest BCUT2D eigenvalue weighted by molar-refractivity contribution is 6.04. The van der Waals surface area contributed by atoms with Crippen molar-refractivity contribution in [3.8, 4) is 0 Å². The van der Waals surface area contributed by atoms with Crippen molar-refractivity contribution in [3.63, 3.8) is 0 Å². The second-order valence-corrected chi connectivity index (χ2v) is 6.88. The summed E-state index contributed by atoms with van der Waals surface area (Å²) in [4.78, 5) is 14.8. The molecule has 0 radical (unpaired) electrons. The molecule has 6 heteroatoms. The fourth-order valence-corrected chi connectivity index (χ4v) is 3.43. The van der Waals surface area contributed by atoms with Crippen LogP contribution in [-0.2, 0) is 13.6 Å². The Kier molecular flexibility index (Phi) is 4.73. The van der Waals surface area contributed by atoms with Gasteiger partial charge in [0.25, 0.3) is 5.91 Å². The number of hydrogen-bond acceptors (Lipinski definition) is 3. The van der Waals surface area contributed by atoms with Crippen molar-refractivity contribution in [1.82, 2.24) is 14.7 Å². The quantitative estimate of drug-likeness (QED) is 0.750. The Hall–Kier alpha value is -2.99. The summed E-state index contributed by atoms with van der Waals surface area (Å²) in [6.07, 6.45) is 4.44. The lowest BCUT2D eigenvalue weighted by molar-refractivity contribution is 0.0818. The number of aryl methyl sites for hydroxylation is 1. The first-order valence-corrected chi connectivity index (χ1v) is 8.97. The Balaban J connectivity index is 1.43. The summed E-state index contributed by atoms with van der Waals surface area (Å²) >= 11 is 0. The number of carbonyl (C=O) groups excluding carboxylic acids is 1. The molecule has 0 bridgehead atoms. The first-order valence-electron chi connectivity index (χ1n) is 8.97. The Morgan fingerprint density at radius 1 is 1.26 bits per heavy atom. The van der Waals surface area contributed by atoms with Crippen molar-refractivity contribution in [3.05, 3.63) is 83.4 Å². The van der Waals surface area contributed by atoms with Gasteiger partial charge in [-0.2, -0.15) is 5.10 Å². The highest BCUT2D eigenvalue weighted by atomic mass is 19.1. The van der Waals surface area contributed by atoms with Crippen LogP contribution in [0.2, 0.25) is 0 Å². The minimum Gasteiger partial charge on any atom is -0.319 e. The van der Waals surface area contributed by atoms with E-state index in [0.29, 0.717) is 17.3 Å². The van der Waals surface area contributed by atoms with Gasteiger partial charge in [0, 0.05) is 37.9 Å². The number of hydrogen-bond donors (Lipinski definition) is 1. The van der Waals surface area contributed by atoms with Gasteiger partial charge in [-0.25, -0.2) is 4.39 Å². The van der Waals surface area contributed by atoms with Gasteiger partial charge >= 0.3 is 0 Å². The largest absolute Gasteiger partial charge is 0.319 e. The topological polar surface area (TPSA) is 50.2 Å². The van der Waals surface area contributed by atoms with E-state index in [0.717, 1.165) is 30.6 Å². The predicted molar refractivity (Wildman–Crippen MR) is 102 cm³/mol. The molecule has 1 aliphatic heterocycles. The normalized spacial score (nSPS) is 16.7. The van der Waals surface area contributed by atoms with Crippen molar-refractivity contribution in [2.24, 2.45) is 7.05 Å². The SMILES string of the molecule is Cn1cc(NC(=O)c2cccc(CN3CC[C@@H]3c3ccc(F)cc3)c2)cn1. The molecule has 1 aromatic heterocycles. The molecule has 27 heavy (non-hydrogen) atoms. The summed E-state index contributed by atoms with van der Waals surface area (Å²) in [6.45, 7) is 1.75. The number of amides is 1. The summed E-state index contributed by atoms with van der Waals surface area (Å²) in [5.41, 5.74) is 3.51. The predicted octanol–water partition coefficient (Wildman–Crippen LogP) is 3.76. The number of carbonyl (C=O) groups is 1. The third-order valence-electron chi connectivity index (χ3n) is 4.92. The van der Waals surface area contributed by atoms with Crippen molar-refractivity contribution < 1.29 is 9.18 Å². The summed E-state index contributed by atoms with van der Waals surface area (Å²) in [5, 5.41) is 6.91. The van der Waals surface area contributed by atoms with Gasteiger partial charge in [0.2, 0.25) is 0 Å². The van der Waals surface area contributed by atoms with Gasteiger partial charge in [-0.15, -0.1) is 0 Å². The molecule has 0 unspecified atom stereocenters. The summed E-state index contributed by atoms with van der Waals surface area (Å²) < 4.78 is 14.8. The molecule has 1 fully saturated rings. The van der Waals surface area contributed by atoms with Gasteiger partial charge in [0.05, 0.1) is 11.9 Å². The maximum atomic E-state index is 13.1. The molecule has 3 aromatic rings. The number of anilines is 1. The molecule has 2 aromatic carbocycles. The molecule has 0 spiro atoms. The zero-order chi connectivity index (χ0) is 18.8. The van der Waals surface area contributed by atoms with Crippen molar-refractivity contribution in [2.75, 3.05) is 11.9 Å². The second kappa shape index (κ2) is 7.32. The van der Waals surface area contributed by atoms with E-state index in [-0.39, 0.29) is 11.7 Å². The molecule has 1 atom stereocenters. The molecular formula is C21H21FN4O. The van der Waals surface area contributed by atoms with Gasteiger partial charge < -0.3 is 5.32 Å². The number of rotatable bonds is 5. The molecule has 4 rings (SSSR count). The van der Waals surface area contributed by atoms with Gasteiger partial charge in [0.15, 0.2) is 0 Å².